The maximum atomic E-state index is 12.0. The molecule has 1 N–H and O–H groups in total. The number of ether oxygens (including phenoxy) is 2. The fraction of sp³-hybridized carbons (Fsp3) is 0.118. The predicted octanol–water partition coefficient (Wildman–Crippen LogP) is 3.75. The van der Waals surface area contributed by atoms with Gasteiger partial charge in [-0.1, -0.05) is 6.07 Å². The van der Waals surface area contributed by atoms with E-state index in [-0.39, 0.29) is 11.7 Å². The summed E-state index contributed by atoms with van der Waals surface area (Å²) < 4.78 is 11.8. The van der Waals surface area contributed by atoms with Crippen LogP contribution in [0.1, 0.15) is 22.8 Å². The molecule has 1 amide bonds. The van der Waals surface area contributed by atoms with Crippen molar-refractivity contribution >= 4 is 56.6 Å². The lowest BCUT2D eigenvalue weighted by atomic mass is 10.2. The highest BCUT2D eigenvalue weighted by atomic mass is 127. The van der Waals surface area contributed by atoms with E-state index in [1.165, 1.54) is 20.2 Å². The number of hydrogen-bond acceptors (Lipinski definition) is 5. The summed E-state index contributed by atoms with van der Waals surface area (Å²) in [5.41, 5.74) is 3.64. The summed E-state index contributed by atoms with van der Waals surface area (Å²) >= 11 is 5.46. The van der Waals surface area contributed by atoms with Crippen molar-refractivity contribution in [3.63, 3.8) is 0 Å². The van der Waals surface area contributed by atoms with Crippen LogP contribution in [0, 0.1) is 3.57 Å². The molecule has 0 unspecified atom stereocenters. The summed E-state index contributed by atoms with van der Waals surface area (Å²) in [5.74, 6) is -0.104. The summed E-state index contributed by atoms with van der Waals surface area (Å²) in [6.45, 7) is 1.31. The molecule has 2 aromatic rings. The topological polar surface area (TPSA) is 77.0 Å². The van der Waals surface area contributed by atoms with Gasteiger partial charge in [-0.3, -0.25) is 9.59 Å². The zero-order chi connectivity index (χ0) is 18.4. The highest BCUT2D eigenvalue weighted by Gasteiger charge is 2.13. The van der Waals surface area contributed by atoms with Crippen molar-refractivity contribution in [2.75, 3.05) is 7.11 Å². The Bertz CT molecular complexity index is 839. The van der Waals surface area contributed by atoms with Gasteiger partial charge < -0.3 is 9.47 Å². The zero-order valence-electron chi connectivity index (χ0n) is 13.4. The maximum absolute atomic E-state index is 12.0. The van der Waals surface area contributed by atoms with Gasteiger partial charge in [-0.05, 0) is 74.4 Å². The molecule has 0 atom stereocenters. The molecule has 130 valence electrons. The summed E-state index contributed by atoms with van der Waals surface area (Å²) in [7, 11) is 1.47. The molecule has 2 aromatic carbocycles. The van der Waals surface area contributed by atoms with Crippen LogP contribution in [0.2, 0.25) is 0 Å². The number of nitrogens with one attached hydrogen (secondary N) is 1. The minimum absolute atomic E-state index is 0.287. The summed E-state index contributed by atoms with van der Waals surface area (Å²) in [6, 6.07) is 10.5. The third-order valence-corrected chi connectivity index (χ3v) is 4.22. The van der Waals surface area contributed by atoms with Crippen LogP contribution in [-0.4, -0.2) is 25.2 Å². The van der Waals surface area contributed by atoms with Gasteiger partial charge in [-0.2, -0.15) is 5.10 Å². The smallest absolute Gasteiger partial charge is 0.308 e. The molecule has 0 spiro atoms. The normalized spacial score (nSPS) is 10.6. The molecule has 0 fully saturated rings. The molecule has 0 radical (unpaired) electrons. The second-order valence-electron chi connectivity index (χ2n) is 4.84. The van der Waals surface area contributed by atoms with Crippen LogP contribution in [0.25, 0.3) is 0 Å². The lowest BCUT2D eigenvalue weighted by molar-refractivity contribution is -0.132. The summed E-state index contributed by atoms with van der Waals surface area (Å²) in [6.07, 6.45) is 1.47. The van der Waals surface area contributed by atoms with Crippen molar-refractivity contribution in [2.45, 2.75) is 6.92 Å². The van der Waals surface area contributed by atoms with Crippen molar-refractivity contribution in [1.29, 1.82) is 0 Å². The van der Waals surface area contributed by atoms with E-state index >= 15 is 0 Å². The van der Waals surface area contributed by atoms with E-state index in [1.54, 1.807) is 30.3 Å². The van der Waals surface area contributed by atoms with E-state index in [0.29, 0.717) is 21.3 Å². The monoisotopic (exact) mass is 516 g/mol. The number of amides is 1. The van der Waals surface area contributed by atoms with E-state index in [1.807, 2.05) is 6.07 Å². The van der Waals surface area contributed by atoms with Crippen LogP contribution >= 0.6 is 38.5 Å². The van der Waals surface area contributed by atoms with E-state index in [4.69, 9.17) is 9.47 Å². The molecule has 0 aliphatic rings. The van der Waals surface area contributed by atoms with Gasteiger partial charge in [0.05, 0.1) is 17.8 Å². The highest BCUT2D eigenvalue weighted by Crippen LogP contribution is 2.36. The molecule has 0 aliphatic carbocycles. The van der Waals surface area contributed by atoms with Gasteiger partial charge in [-0.25, -0.2) is 5.43 Å². The molecule has 0 bridgehead atoms. The molecule has 0 saturated heterocycles. The molecule has 25 heavy (non-hydrogen) atoms. The Labute approximate surface area is 166 Å². The highest BCUT2D eigenvalue weighted by molar-refractivity contribution is 14.1. The number of halogens is 2. The van der Waals surface area contributed by atoms with E-state index in [9.17, 15) is 9.59 Å². The zero-order valence-corrected chi connectivity index (χ0v) is 17.1. The van der Waals surface area contributed by atoms with E-state index < -0.39 is 5.97 Å². The lowest BCUT2D eigenvalue weighted by Crippen LogP contribution is -2.17. The maximum Gasteiger partial charge on any atom is 0.308 e. The van der Waals surface area contributed by atoms with Gasteiger partial charge in [0, 0.05) is 16.1 Å². The lowest BCUT2D eigenvalue weighted by Gasteiger charge is -2.10. The Morgan fingerprint density at radius 1 is 1.28 bits per heavy atom. The molecule has 8 heteroatoms. The summed E-state index contributed by atoms with van der Waals surface area (Å²) in [4.78, 5) is 23.2. The van der Waals surface area contributed by atoms with E-state index in [2.05, 4.69) is 49.0 Å². The molecular weight excluding hydrogens is 503 g/mol. The average molecular weight is 517 g/mol. The number of nitrogens with zero attached hydrogens (tertiary/aromatic N) is 1. The largest absolute Gasteiger partial charge is 0.493 e. The van der Waals surface area contributed by atoms with Gasteiger partial charge in [0.1, 0.15) is 0 Å². The van der Waals surface area contributed by atoms with Crippen molar-refractivity contribution in [3.8, 4) is 11.5 Å². The molecule has 0 aliphatic heterocycles. The first-order valence-electron chi connectivity index (χ1n) is 7.05. The molecule has 2 rings (SSSR count). The Balaban J connectivity index is 2.14. The average Bonchev–Trinajstić information content (AvgIpc) is 2.56. The second kappa shape index (κ2) is 8.95. The molecule has 0 aromatic heterocycles. The van der Waals surface area contributed by atoms with Gasteiger partial charge >= 0.3 is 5.97 Å². The Morgan fingerprint density at radius 3 is 2.68 bits per heavy atom. The van der Waals surface area contributed by atoms with Gasteiger partial charge in [0.25, 0.3) is 5.91 Å². The fourth-order valence-electron chi connectivity index (χ4n) is 1.92. The van der Waals surface area contributed by atoms with Crippen molar-refractivity contribution in [1.82, 2.24) is 5.43 Å². The van der Waals surface area contributed by atoms with E-state index in [0.717, 1.165) is 3.57 Å². The molecule has 0 saturated carbocycles. The SMILES string of the molecule is COc1cc(/C=N\NC(=O)c2cccc(I)c2)cc(Br)c1OC(C)=O. The Morgan fingerprint density at radius 2 is 2.04 bits per heavy atom. The number of hydrazone groups is 1. The van der Waals surface area contributed by atoms with Crippen LogP contribution < -0.4 is 14.9 Å². The van der Waals surface area contributed by atoms with Crippen molar-refractivity contribution < 1.29 is 19.1 Å². The van der Waals surface area contributed by atoms with Crippen LogP contribution in [0.3, 0.4) is 0 Å². The molecular formula is C17H14BrIN2O4. The van der Waals surface area contributed by atoms with Crippen LogP contribution in [0.4, 0.5) is 0 Å². The fourth-order valence-corrected chi connectivity index (χ4v) is 3.00. The Hall–Kier alpha value is -1.94. The quantitative estimate of drug-likeness (QED) is 0.216. The third kappa shape index (κ3) is 5.53. The Kier molecular flexibility index (Phi) is 6.94. The van der Waals surface area contributed by atoms with Crippen molar-refractivity contribution in [3.05, 3.63) is 55.6 Å². The molecule has 6 nitrogen and oxygen atoms in total. The van der Waals surface area contributed by atoms with Crippen LogP contribution in [0.5, 0.6) is 11.5 Å². The number of carbonyl (C=O) groups excluding carboxylic acids is 2. The first-order chi connectivity index (χ1) is 11.9. The first kappa shape index (κ1) is 19.4. The number of hydrogen-bond donors (Lipinski definition) is 1. The van der Waals surface area contributed by atoms with Gasteiger partial charge in [-0.15, -0.1) is 0 Å². The second-order valence-corrected chi connectivity index (χ2v) is 6.94. The molecule has 0 heterocycles. The standard InChI is InChI=1S/C17H14BrIN2O4/c1-10(22)25-16-14(18)6-11(7-15(16)24-2)9-20-21-17(23)12-4-3-5-13(19)8-12/h3-9H,1-2H3,(H,21,23)/b20-9-. The van der Waals surface area contributed by atoms with Gasteiger partial charge in [0.15, 0.2) is 11.5 Å². The predicted molar refractivity (Wildman–Crippen MR) is 106 cm³/mol. The first-order valence-corrected chi connectivity index (χ1v) is 8.93. The minimum atomic E-state index is -0.454. The van der Waals surface area contributed by atoms with Crippen molar-refractivity contribution in [2.24, 2.45) is 5.10 Å². The van der Waals surface area contributed by atoms with Gasteiger partial charge in [0.2, 0.25) is 0 Å². The van der Waals surface area contributed by atoms with Crippen LogP contribution in [0.15, 0.2) is 46.0 Å². The number of benzene rings is 2. The number of rotatable bonds is 5. The minimum Gasteiger partial charge on any atom is -0.493 e. The third-order valence-electron chi connectivity index (χ3n) is 2.96. The number of methoxy groups -OCH3 is 1. The summed E-state index contributed by atoms with van der Waals surface area (Å²) in [5, 5.41) is 3.94. The number of esters is 1. The number of carbonyl (C=O) groups is 2. The van der Waals surface area contributed by atoms with Crippen LogP contribution in [-0.2, 0) is 4.79 Å².